The van der Waals surface area contributed by atoms with Crippen LogP contribution in [0.5, 0.6) is 0 Å². The fourth-order valence-corrected chi connectivity index (χ4v) is 2.84. The molecule has 7 heteroatoms. The van der Waals surface area contributed by atoms with Crippen LogP contribution in [0.25, 0.3) is 0 Å². The Hall–Kier alpha value is -0.660. The zero-order valence-electron chi connectivity index (χ0n) is 10.6. The fourth-order valence-electron chi connectivity index (χ4n) is 1.18. The van der Waals surface area contributed by atoms with E-state index in [0.29, 0.717) is 0 Å². The standard InChI is InChI=1S/C10H20N2O4S/c1-9(2,8(13)14)10(3,4)12-17(15,16)11-7-5-6-7/h7,11-12H,5-6H2,1-4H3,(H,13,14). The molecule has 0 aromatic heterocycles. The van der Waals surface area contributed by atoms with Crippen molar-refractivity contribution in [2.45, 2.75) is 52.1 Å². The molecule has 0 heterocycles. The monoisotopic (exact) mass is 264 g/mol. The van der Waals surface area contributed by atoms with Crippen molar-refractivity contribution in [3.8, 4) is 0 Å². The van der Waals surface area contributed by atoms with Gasteiger partial charge in [-0.2, -0.15) is 17.9 Å². The van der Waals surface area contributed by atoms with Crippen molar-refractivity contribution in [1.29, 1.82) is 0 Å². The van der Waals surface area contributed by atoms with E-state index in [-0.39, 0.29) is 6.04 Å². The summed E-state index contributed by atoms with van der Waals surface area (Å²) in [7, 11) is -3.66. The third-order valence-electron chi connectivity index (χ3n) is 3.39. The molecule has 0 radical (unpaired) electrons. The average Bonchev–Trinajstić information content (AvgIpc) is 2.84. The van der Waals surface area contributed by atoms with Crippen LogP contribution in [-0.2, 0) is 15.0 Å². The highest BCUT2D eigenvalue weighted by atomic mass is 32.2. The molecule has 0 atom stereocenters. The second kappa shape index (κ2) is 4.22. The molecule has 0 amide bonds. The quantitative estimate of drug-likeness (QED) is 0.649. The Morgan fingerprint density at radius 1 is 1.24 bits per heavy atom. The Bertz CT molecular complexity index is 410. The molecule has 1 saturated carbocycles. The lowest BCUT2D eigenvalue weighted by Crippen LogP contribution is -2.59. The summed E-state index contributed by atoms with van der Waals surface area (Å²) in [6, 6.07) is -0.00348. The smallest absolute Gasteiger partial charge is 0.310 e. The minimum atomic E-state index is -3.66. The SMILES string of the molecule is CC(C)(NS(=O)(=O)NC1CC1)C(C)(C)C(=O)O. The van der Waals surface area contributed by atoms with E-state index >= 15 is 0 Å². The van der Waals surface area contributed by atoms with E-state index in [1.165, 1.54) is 13.8 Å². The third-order valence-corrected chi connectivity index (χ3v) is 4.81. The van der Waals surface area contributed by atoms with E-state index < -0.39 is 27.1 Å². The summed E-state index contributed by atoms with van der Waals surface area (Å²) in [5, 5.41) is 9.11. The Kier molecular flexibility index (Phi) is 3.58. The number of rotatable bonds is 6. The van der Waals surface area contributed by atoms with Crippen molar-refractivity contribution in [2.24, 2.45) is 5.41 Å². The van der Waals surface area contributed by atoms with Gasteiger partial charge in [-0.1, -0.05) is 0 Å². The van der Waals surface area contributed by atoms with Gasteiger partial charge in [0.2, 0.25) is 0 Å². The minimum absolute atomic E-state index is 0.00348. The van der Waals surface area contributed by atoms with Gasteiger partial charge in [0.1, 0.15) is 0 Å². The lowest BCUT2D eigenvalue weighted by molar-refractivity contribution is -0.150. The third kappa shape index (κ3) is 3.40. The molecule has 3 N–H and O–H groups in total. The normalized spacial score (nSPS) is 18.1. The molecule has 6 nitrogen and oxygen atoms in total. The van der Waals surface area contributed by atoms with Gasteiger partial charge in [-0.3, -0.25) is 4.79 Å². The predicted octanol–water partition coefficient (Wildman–Crippen LogP) is 0.462. The second-order valence-electron chi connectivity index (χ2n) is 5.55. The number of carbonyl (C=O) groups is 1. The first-order chi connectivity index (χ1) is 7.48. The van der Waals surface area contributed by atoms with E-state index in [9.17, 15) is 13.2 Å². The minimum Gasteiger partial charge on any atom is -0.481 e. The first-order valence-electron chi connectivity index (χ1n) is 5.52. The first kappa shape index (κ1) is 14.4. The molecular formula is C10H20N2O4S. The van der Waals surface area contributed by atoms with Gasteiger partial charge in [-0.15, -0.1) is 0 Å². The van der Waals surface area contributed by atoms with Crippen molar-refractivity contribution in [3.05, 3.63) is 0 Å². The van der Waals surface area contributed by atoms with Crippen LogP contribution in [0, 0.1) is 5.41 Å². The number of carboxylic acid groups (broad SMARTS) is 1. The van der Waals surface area contributed by atoms with E-state index in [2.05, 4.69) is 9.44 Å². The highest BCUT2D eigenvalue weighted by Gasteiger charge is 2.46. The van der Waals surface area contributed by atoms with Crippen LogP contribution < -0.4 is 9.44 Å². The zero-order valence-corrected chi connectivity index (χ0v) is 11.4. The molecule has 1 aliphatic rings. The summed E-state index contributed by atoms with van der Waals surface area (Å²) in [5.74, 6) is -1.04. The second-order valence-corrected chi connectivity index (χ2v) is 7.00. The van der Waals surface area contributed by atoms with E-state index in [1.807, 2.05) is 0 Å². The van der Waals surface area contributed by atoms with Crippen LogP contribution in [0.15, 0.2) is 0 Å². The van der Waals surface area contributed by atoms with Crippen LogP contribution in [0.1, 0.15) is 40.5 Å². The van der Waals surface area contributed by atoms with Gasteiger partial charge in [-0.25, -0.2) is 0 Å². The number of hydrogen-bond donors (Lipinski definition) is 3. The molecule has 0 saturated heterocycles. The van der Waals surface area contributed by atoms with Crippen LogP contribution >= 0.6 is 0 Å². The lowest BCUT2D eigenvalue weighted by Gasteiger charge is -2.38. The Morgan fingerprint density at radius 3 is 2.06 bits per heavy atom. The summed E-state index contributed by atoms with van der Waals surface area (Å²) >= 11 is 0. The van der Waals surface area contributed by atoms with Gasteiger partial charge in [0.05, 0.1) is 5.41 Å². The Balaban J connectivity index is 2.80. The van der Waals surface area contributed by atoms with Gasteiger partial charge in [0, 0.05) is 11.6 Å². The fraction of sp³-hybridized carbons (Fsp3) is 0.900. The van der Waals surface area contributed by atoms with E-state index in [0.717, 1.165) is 12.8 Å². The van der Waals surface area contributed by atoms with Crippen molar-refractivity contribution >= 4 is 16.2 Å². The molecular weight excluding hydrogens is 244 g/mol. The Labute approximate surface area is 102 Å². The Morgan fingerprint density at radius 2 is 1.71 bits per heavy atom. The van der Waals surface area contributed by atoms with Crippen LogP contribution in [0.3, 0.4) is 0 Å². The van der Waals surface area contributed by atoms with Crippen molar-refractivity contribution in [3.63, 3.8) is 0 Å². The maximum atomic E-state index is 11.8. The summed E-state index contributed by atoms with van der Waals surface area (Å²) in [6.45, 7) is 6.12. The topological polar surface area (TPSA) is 95.5 Å². The molecule has 0 spiro atoms. The predicted molar refractivity (Wildman–Crippen MR) is 63.7 cm³/mol. The van der Waals surface area contributed by atoms with E-state index in [1.54, 1.807) is 13.8 Å². The molecule has 0 bridgehead atoms. The van der Waals surface area contributed by atoms with Gasteiger partial charge in [-0.05, 0) is 40.5 Å². The van der Waals surface area contributed by atoms with Gasteiger partial charge < -0.3 is 5.11 Å². The van der Waals surface area contributed by atoms with E-state index in [4.69, 9.17) is 5.11 Å². The summed E-state index contributed by atoms with van der Waals surface area (Å²) < 4.78 is 28.4. The molecule has 0 aromatic carbocycles. The zero-order chi connectivity index (χ0) is 13.5. The van der Waals surface area contributed by atoms with Crippen molar-refractivity contribution in [2.75, 3.05) is 0 Å². The molecule has 1 rings (SSSR count). The molecule has 1 fully saturated rings. The molecule has 0 aromatic rings. The number of nitrogens with one attached hydrogen (secondary N) is 2. The molecule has 0 aliphatic heterocycles. The van der Waals surface area contributed by atoms with Crippen molar-refractivity contribution in [1.82, 2.24) is 9.44 Å². The average molecular weight is 264 g/mol. The molecule has 17 heavy (non-hydrogen) atoms. The van der Waals surface area contributed by atoms with Crippen LogP contribution in [0.2, 0.25) is 0 Å². The summed E-state index contributed by atoms with van der Waals surface area (Å²) in [6.07, 6.45) is 1.67. The largest absolute Gasteiger partial charge is 0.481 e. The highest BCUT2D eigenvalue weighted by Crippen LogP contribution is 2.31. The van der Waals surface area contributed by atoms with Crippen LogP contribution in [-0.4, -0.2) is 31.1 Å². The van der Waals surface area contributed by atoms with Crippen molar-refractivity contribution < 1.29 is 18.3 Å². The maximum absolute atomic E-state index is 11.8. The van der Waals surface area contributed by atoms with Gasteiger partial charge in [0.15, 0.2) is 0 Å². The van der Waals surface area contributed by atoms with Gasteiger partial charge in [0.25, 0.3) is 10.2 Å². The molecule has 100 valence electrons. The van der Waals surface area contributed by atoms with Crippen LogP contribution in [0.4, 0.5) is 0 Å². The first-order valence-corrected chi connectivity index (χ1v) is 7.01. The lowest BCUT2D eigenvalue weighted by atomic mass is 9.75. The maximum Gasteiger partial charge on any atom is 0.310 e. The summed E-state index contributed by atoms with van der Waals surface area (Å²) in [5.41, 5.74) is -2.29. The number of carboxylic acids is 1. The number of hydrogen-bond acceptors (Lipinski definition) is 3. The molecule has 0 unspecified atom stereocenters. The molecule has 1 aliphatic carbocycles. The number of aliphatic carboxylic acids is 1. The summed E-state index contributed by atoms with van der Waals surface area (Å²) in [4.78, 5) is 11.1. The van der Waals surface area contributed by atoms with Gasteiger partial charge >= 0.3 is 5.97 Å². The highest BCUT2D eigenvalue weighted by molar-refractivity contribution is 7.87.